The van der Waals surface area contributed by atoms with Crippen molar-refractivity contribution in [1.29, 1.82) is 0 Å². The zero-order valence-corrected chi connectivity index (χ0v) is 13.8. The van der Waals surface area contributed by atoms with Gasteiger partial charge in [0.1, 0.15) is 0 Å². The van der Waals surface area contributed by atoms with E-state index in [1.807, 2.05) is 0 Å². The van der Waals surface area contributed by atoms with Crippen molar-refractivity contribution in [2.45, 2.75) is 94.6 Å². The van der Waals surface area contributed by atoms with Crippen molar-refractivity contribution < 1.29 is 0 Å². The summed E-state index contributed by atoms with van der Waals surface area (Å²) in [6.07, 6.45) is 14.4. The van der Waals surface area contributed by atoms with Gasteiger partial charge in [0.25, 0.3) is 0 Å². The lowest BCUT2D eigenvalue weighted by atomic mass is 9.83. The average Bonchev–Trinajstić information content (AvgIpc) is 2.91. The van der Waals surface area contributed by atoms with Crippen LogP contribution in [-0.4, -0.2) is 23.1 Å². The van der Waals surface area contributed by atoms with Crippen LogP contribution >= 0.6 is 11.8 Å². The number of rotatable bonds is 7. The zero-order chi connectivity index (χ0) is 13.5. The van der Waals surface area contributed by atoms with Gasteiger partial charge in [-0.25, -0.2) is 0 Å². The van der Waals surface area contributed by atoms with Gasteiger partial charge >= 0.3 is 0 Å². The van der Waals surface area contributed by atoms with Crippen molar-refractivity contribution in [1.82, 2.24) is 5.32 Å². The van der Waals surface area contributed by atoms with Crippen LogP contribution in [0, 0.1) is 5.92 Å². The predicted molar refractivity (Wildman–Crippen MR) is 88.0 cm³/mol. The molecular weight excluding hydrogens is 250 g/mol. The third-order valence-electron chi connectivity index (χ3n) is 4.92. The molecule has 1 nitrogen and oxygen atoms in total. The summed E-state index contributed by atoms with van der Waals surface area (Å²) in [6.45, 7) is 5.85. The molecule has 0 aromatic carbocycles. The first-order valence-corrected chi connectivity index (χ1v) is 9.66. The number of hydrogen-bond donors (Lipinski definition) is 1. The average molecular weight is 284 g/mol. The molecule has 2 saturated carbocycles. The maximum atomic E-state index is 3.84. The molecule has 2 heteroatoms. The largest absolute Gasteiger partial charge is 0.313 e. The Bertz CT molecular complexity index is 237. The van der Waals surface area contributed by atoms with Gasteiger partial charge < -0.3 is 5.32 Å². The van der Waals surface area contributed by atoms with Crippen LogP contribution < -0.4 is 5.32 Å². The Hall–Kier alpha value is 0.310. The first-order valence-electron chi connectivity index (χ1n) is 8.72. The van der Waals surface area contributed by atoms with E-state index >= 15 is 0 Å². The highest BCUT2D eigenvalue weighted by molar-refractivity contribution is 8.00. The molecule has 19 heavy (non-hydrogen) atoms. The van der Waals surface area contributed by atoms with E-state index in [-0.39, 0.29) is 0 Å². The van der Waals surface area contributed by atoms with E-state index in [4.69, 9.17) is 0 Å². The summed E-state index contributed by atoms with van der Waals surface area (Å²) in [5, 5.41) is 5.72. The zero-order valence-electron chi connectivity index (χ0n) is 13.0. The molecule has 1 N–H and O–H groups in total. The Labute approximate surface area is 124 Å². The van der Waals surface area contributed by atoms with Crippen LogP contribution in [0.15, 0.2) is 0 Å². The topological polar surface area (TPSA) is 12.0 Å². The fraction of sp³-hybridized carbons (Fsp3) is 1.00. The second-order valence-electron chi connectivity index (χ2n) is 6.61. The van der Waals surface area contributed by atoms with Crippen LogP contribution in [0.3, 0.4) is 0 Å². The molecule has 3 unspecified atom stereocenters. The standard InChI is InChI=1S/C17H33NS/c1-3-7-14-10-11-16(18-12-4-2)17(13-14)19-15-8-5-6-9-15/h14-18H,3-13H2,1-2H3. The Balaban J connectivity index is 1.85. The summed E-state index contributed by atoms with van der Waals surface area (Å²) in [7, 11) is 0. The molecule has 2 aliphatic carbocycles. The van der Waals surface area contributed by atoms with Crippen LogP contribution in [0.1, 0.15) is 78.1 Å². The van der Waals surface area contributed by atoms with Gasteiger partial charge in [-0.3, -0.25) is 0 Å². The Morgan fingerprint density at radius 2 is 1.79 bits per heavy atom. The summed E-state index contributed by atoms with van der Waals surface area (Å²) in [6, 6.07) is 0.804. The van der Waals surface area contributed by atoms with Gasteiger partial charge in [0.2, 0.25) is 0 Å². The van der Waals surface area contributed by atoms with E-state index in [1.54, 1.807) is 0 Å². The molecule has 0 radical (unpaired) electrons. The number of thioether (sulfide) groups is 1. The van der Waals surface area contributed by atoms with Gasteiger partial charge in [-0.15, -0.1) is 0 Å². The second kappa shape index (κ2) is 8.56. The molecule has 0 aliphatic heterocycles. The summed E-state index contributed by atoms with van der Waals surface area (Å²) in [4.78, 5) is 0. The van der Waals surface area contributed by atoms with Gasteiger partial charge in [0.15, 0.2) is 0 Å². The first-order chi connectivity index (χ1) is 9.33. The Morgan fingerprint density at radius 1 is 1.00 bits per heavy atom. The molecular formula is C17H33NS. The quantitative estimate of drug-likeness (QED) is 0.705. The van der Waals surface area contributed by atoms with Gasteiger partial charge in [0.05, 0.1) is 0 Å². The maximum Gasteiger partial charge on any atom is 0.0206 e. The predicted octanol–water partition coefficient (Wildman–Crippen LogP) is 5.00. The number of hydrogen-bond acceptors (Lipinski definition) is 2. The SMILES string of the molecule is CCCNC1CCC(CCC)CC1SC1CCCC1. The summed E-state index contributed by atoms with van der Waals surface area (Å²) >= 11 is 2.35. The number of nitrogens with one attached hydrogen (secondary N) is 1. The molecule has 0 saturated heterocycles. The van der Waals surface area contributed by atoms with Crippen LogP contribution in [0.25, 0.3) is 0 Å². The van der Waals surface area contributed by atoms with Crippen LogP contribution in [0.5, 0.6) is 0 Å². The minimum atomic E-state index is 0.804. The van der Waals surface area contributed by atoms with Crippen LogP contribution in [0.4, 0.5) is 0 Å². The summed E-state index contributed by atoms with van der Waals surface area (Å²) in [5.41, 5.74) is 0. The molecule has 112 valence electrons. The van der Waals surface area contributed by atoms with E-state index in [0.717, 1.165) is 22.5 Å². The van der Waals surface area contributed by atoms with Crippen molar-refractivity contribution in [3.05, 3.63) is 0 Å². The lowest BCUT2D eigenvalue weighted by molar-refractivity contribution is 0.287. The van der Waals surface area contributed by atoms with Crippen molar-refractivity contribution in [3.63, 3.8) is 0 Å². The first kappa shape index (κ1) is 15.7. The molecule has 2 fully saturated rings. The molecule has 2 aliphatic rings. The third kappa shape index (κ3) is 4.97. The highest BCUT2D eigenvalue weighted by Crippen LogP contribution is 2.40. The molecule has 0 heterocycles. The van der Waals surface area contributed by atoms with Crippen LogP contribution in [0.2, 0.25) is 0 Å². The monoisotopic (exact) mass is 283 g/mol. The van der Waals surface area contributed by atoms with Crippen molar-refractivity contribution in [2.24, 2.45) is 5.92 Å². The minimum Gasteiger partial charge on any atom is -0.313 e. The normalized spacial score (nSPS) is 32.8. The van der Waals surface area contributed by atoms with Crippen molar-refractivity contribution >= 4 is 11.8 Å². The maximum absolute atomic E-state index is 3.84. The van der Waals surface area contributed by atoms with E-state index in [9.17, 15) is 0 Å². The minimum absolute atomic E-state index is 0.804. The molecule has 0 amide bonds. The van der Waals surface area contributed by atoms with Crippen molar-refractivity contribution in [3.8, 4) is 0 Å². The van der Waals surface area contributed by atoms with Gasteiger partial charge in [-0.05, 0) is 51.0 Å². The Kier molecular flexibility index (Phi) is 7.07. The van der Waals surface area contributed by atoms with E-state index < -0.39 is 0 Å². The summed E-state index contributed by atoms with van der Waals surface area (Å²) in [5.74, 6) is 1.02. The smallest absolute Gasteiger partial charge is 0.0206 e. The lowest BCUT2D eigenvalue weighted by Gasteiger charge is -2.37. The molecule has 3 atom stereocenters. The molecule has 0 aromatic heterocycles. The molecule has 0 spiro atoms. The third-order valence-corrected chi connectivity index (χ3v) is 6.65. The highest BCUT2D eigenvalue weighted by atomic mass is 32.2. The highest BCUT2D eigenvalue weighted by Gasteiger charge is 2.32. The van der Waals surface area contributed by atoms with E-state index in [0.29, 0.717) is 0 Å². The van der Waals surface area contributed by atoms with E-state index in [2.05, 4.69) is 30.9 Å². The summed E-state index contributed by atoms with van der Waals surface area (Å²) < 4.78 is 0. The van der Waals surface area contributed by atoms with Gasteiger partial charge in [0, 0.05) is 16.5 Å². The van der Waals surface area contributed by atoms with Crippen molar-refractivity contribution in [2.75, 3.05) is 6.54 Å². The van der Waals surface area contributed by atoms with Gasteiger partial charge in [-0.1, -0.05) is 39.5 Å². The second-order valence-corrected chi connectivity index (χ2v) is 8.15. The Morgan fingerprint density at radius 3 is 2.47 bits per heavy atom. The van der Waals surface area contributed by atoms with Crippen LogP contribution in [-0.2, 0) is 0 Å². The molecule has 2 rings (SSSR count). The van der Waals surface area contributed by atoms with E-state index in [1.165, 1.54) is 70.8 Å². The molecule has 0 aromatic rings. The fourth-order valence-electron chi connectivity index (χ4n) is 3.87. The van der Waals surface area contributed by atoms with Gasteiger partial charge in [-0.2, -0.15) is 11.8 Å². The fourth-order valence-corrected chi connectivity index (χ4v) is 5.77. The lowest BCUT2D eigenvalue weighted by Crippen LogP contribution is -2.43. The molecule has 0 bridgehead atoms.